The fourth-order valence-corrected chi connectivity index (χ4v) is 7.19. The van der Waals surface area contributed by atoms with Gasteiger partial charge in [-0.25, -0.2) is 9.80 Å². The molecule has 3 aliphatic carbocycles. The van der Waals surface area contributed by atoms with Crippen molar-refractivity contribution in [3.05, 3.63) is 67.9 Å². The van der Waals surface area contributed by atoms with Crippen molar-refractivity contribution in [1.29, 1.82) is 0 Å². The summed E-state index contributed by atoms with van der Waals surface area (Å²) in [6.07, 6.45) is 15.8. The van der Waals surface area contributed by atoms with Gasteiger partial charge in [0.1, 0.15) is 11.3 Å². The van der Waals surface area contributed by atoms with Crippen LogP contribution in [0.25, 0.3) is 6.08 Å². The summed E-state index contributed by atoms with van der Waals surface area (Å²) in [6.45, 7) is 0. The van der Waals surface area contributed by atoms with Gasteiger partial charge in [-0.05, 0) is 44.6 Å². The second-order valence-corrected chi connectivity index (χ2v) is 12.0. The Kier molecular flexibility index (Phi) is 7.76. The maximum absolute atomic E-state index is 14.0. The smallest absolute Gasteiger partial charge is 0.334 e. The Morgan fingerprint density at radius 1 is 0.700 bits per heavy atom. The van der Waals surface area contributed by atoms with E-state index in [2.05, 4.69) is 0 Å². The molecular weight excluding hydrogens is 504 g/mol. The van der Waals surface area contributed by atoms with Gasteiger partial charge in [0, 0.05) is 17.6 Å². The van der Waals surface area contributed by atoms with Gasteiger partial charge in [-0.3, -0.25) is 18.7 Å². The molecule has 6 rings (SSSR count). The first kappa shape index (κ1) is 26.8. The zero-order valence-electron chi connectivity index (χ0n) is 23.3. The summed E-state index contributed by atoms with van der Waals surface area (Å²) < 4.78 is 2.84. The van der Waals surface area contributed by atoms with E-state index in [1.54, 1.807) is 5.01 Å². The number of aromatic nitrogens is 2. The monoisotopic (exact) mass is 544 g/mol. The first-order valence-electron chi connectivity index (χ1n) is 15.3. The van der Waals surface area contributed by atoms with E-state index < -0.39 is 11.2 Å². The number of aromatic hydroxyl groups is 1. The van der Waals surface area contributed by atoms with Crippen molar-refractivity contribution in [2.45, 2.75) is 114 Å². The number of hydrogen-bond donors (Lipinski definition) is 1. The van der Waals surface area contributed by atoms with Gasteiger partial charge >= 0.3 is 5.69 Å². The molecule has 40 heavy (non-hydrogen) atoms. The van der Waals surface area contributed by atoms with Crippen LogP contribution in [-0.4, -0.2) is 36.9 Å². The third-order valence-corrected chi connectivity index (χ3v) is 9.37. The van der Waals surface area contributed by atoms with Crippen molar-refractivity contribution in [2.24, 2.45) is 5.10 Å². The molecule has 1 aromatic heterocycles. The van der Waals surface area contributed by atoms with Crippen LogP contribution < -0.4 is 11.2 Å². The first-order valence-corrected chi connectivity index (χ1v) is 15.3. The van der Waals surface area contributed by atoms with Crippen LogP contribution in [0.2, 0.25) is 0 Å². The van der Waals surface area contributed by atoms with Crippen molar-refractivity contribution < 1.29 is 9.90 Å². The average molecular weight is 545 g/mol. The molecule has 1 aliphatic heterocycles. The van der Waals surface area contributed by atoms with Gasteiger partial charge in [0.15, 0.2) is 0 Å². The Morgan fingerprint density at radius 3 is 1.80 bits per heavy atom. The number of hydrazone groups is 1. The van der Waals surface area contributed by atoms with Crippen molar-refractivity contribution >= 4 is 17.7 Å². The minimum Gasteiger partial charge on any atom is -0.494 e. The zero-order chi connectivity index (χ0) is 27.6. The highest BCUT2D eigenvalue weighted by molar-refractivity contribution is 6.33. The Hall–Kier alpha value is -3.42. The molecule has 0 atom stereocenters. The molecule has 1 aromatic carbocycles. The summed E-state index contributed by atoms with van der Waals surface area (Å²) >= 11 is 0. The van der Waals surface area contributed by atoms with E-state index in [-0.39, 0.29) is 35.5 Å². The molecule has 3 saturated carbocycles. The molecule has 2 heterocycles. The topological polar surface area (TPSA) is 96.9 Å². The molecule has 3 fully saturated rings. The van der Waals surface area contributed by atoms with Crippen LogP contribution in [0.5, 0.6) is 5.88 Å². The van der Waals surface area contributed by atoms with Crippen LogP contribution >= 0.6 is 0 Å². The summed E-state index contributed by atoms with van der Waals surface area (Å²) in [5.74, 6) is -0.568. The lowest BCUT2D eigenvalue weighted by molar-refractivity contribution is -0.128. The molecule has 212 valence electrons. The SMILES string of the molecule is O=C1/C(=C\c2c(O)n(C3CCCCC3)c(=O)n(C3CCCCC3)c2=O)C(c2ccccc2)=NN1C1CCCCC1. The van der Waals surface area contributed by atoms with Crippen LogP contribution in [0.1, 0.15) is 120 Å². The van der Waals surface area contributed by atoms with E-state index in [1.807, 2.05) is 30.3 Å². The predicted octanol–water partition coefficient (Wildman–Crippen LogP) is 5.69. The molecule has 0 spiro atoms. The summed E-state index contributed by atoms with van der Waals surface area (Å²) in [6, 6.07) is 9.21. The fraction of sp³-hybridized carbons (Fsp3) is 0.562. The largest absolute Gasteiger partial charge is 0.494 e. The number of carbonyl (C=O) groups excluding carboxylic acids is 1. The maximum atomic E-state index is 14.0. The molecule has 0 unspecified atom stereocenters. The molecular formula is C32H40N4O4. The quantitative estimate of drug-likeness (QED) is 0.489. The minimum absolute atomic E-state index is 0.0215. The van der Waals surface area contributed by atoms with E-state index in [0.29, 0.717) is 11.3 Å². The molecule has 2 aromatic rings. The number of hydrogen-bond acceptors (Lipinski definition) is 5. The number of amides is 1. The van der Waals surface area contributed by atoms with Crippen molar-refractivity contribution in [1.82, 2.24) is 14.1 Å². The van der Waals surface area contributed by atoms with Gasteiger partial charge in [-0.2, -0.15) is 5.10 Å². The third-order valence-electron chi connectivity index (χ3n) is 9.37. The van der Waals surface area contributed by atoms with E-state index in [0.717, 1.165) is 102 Å². The third kappa shape index (κ3) is 4.97. The van der Waals surface area contributed by atoms with Crippen LogP contribution in [0, 0.1) is 0 Å². The van der Waals surface area contributed by atoms with Crippen molar-refractivity contribution in [2.75, 3.05) is 0 Å². The Labute approximate surface area is 235 Å². The van der Waals surface area contributed by atoms with E-state index in [4.69, 9.17) is 5.10 Å². The number of nitrogens with zero attached hydrogens (tertiary/aromatic N) is 4. The van der Waals surface area contributed by atoms with Gasteiger partial charge in [0.05, 0.1) is 11.6 Å². The lowest BCUT2D eigenvalue weighted by Gasteiger charge is -2.29. The van der Waals surface area contributed by atoms with E-state index in [1.165, 1.54) is 15.2 Å². The lowest BCUT2D eigenvalue weighted by atomic mass is 9.93. The average Bonchev–Trinajstić information content (AvgIpc) is 3.33. The standard InChI is InChI=1S/C32H40N4O4/c37-29-27(30(38)35(24-17-9-3-10-18-24)32(40)34(29)23-15-7-2-8-16-23)21-26-28(22-13-5-1-6-14-22)33-36(31(26)39)25-19-11-4-12-20-25/h1,5-6,13-14,21,23-25,37H,2-4,7-12,15-20H2/b26-21-. The number of benzene rings is 1. The molecule has 1 amide bonds. The molecule has 0 radical (unpaired) electrons. The summed E-state index contributed by atoms with van der Waals surface area (Å²) in [7, 11) is 0. The van der Waals surface area contributed by atoms with Gasteiger partial charge in [-0.15, -0.1) is 0 Å². The Balaban J connectivity index is 1.52. The van der Waals surface area contributed by atoms with Crippen LogP contribution in [0.4, 0.5) is 0 Å². The van der Waals surface area contributed by atoms with Crippen LogP contribution in [0.3, 0.4) is 0 Å². The lowest BCUT2D eigenvalue weighted by Crippen LogP contribution is -2.45. The Bertz CT molecular complexity index is 1420. The summed E-state index contributed by atoms with van der Waals surface area (Å²) in [5, 5.41) is 18.0. The normalized spacial score (nSPS) is 22.7. The van der Waals surface area contributed by atoms with Gasteiger partial charge < -0.3 is 5.11 Å². The maximum Gasteiger partial charge on any atom is 0.334 e. The molecule has 0 saturated heterocycles. The summed E-state index contributed by atoms with van der Waals surface area (Å²) in [5.41, 5.74) is 0.691. The molecule has 8 heteroatoms. The number of carbonyl (C=O) groups is 1. The minimum atomic E-state index is -0.509. The highest BCUT2D eigenvalue weighted by atomic mass is 16.3. The summed E-state index contributed by atoms with van der Waals surface area (Å²) in [4.78, 5) is 41.8. The molecule has 0 bridgehead atoms. The molecule has 1 N–H and O–H groups in total. The fourth-order valence-electron chi connectivity index (χ4n) is 7.19. The highest BCUT2D eigenvalue weighted by Crippen LogP contribution is 2.34. The van der Waals surface area contributed by atoms with Crippen molar-refractivity contribution in [3.8, 4) is 5.88 Å². The highest BCUT2D eigenvalue weighted by Gasteiger charge is 2.37. The van der Waals surface area contributed by atoms with Crippen LogP contribution in [-0.2, 0) is 4.79 Å². The van der Waals surface area contributed by atoms with Gasteiger partial charge in [-0.1, -0.05) is 88.1 Å². The Morgan fingerprint density at radius 2 is 1.23 bits per heavy atom. The van der Waals surface area contributed by atoms with Crippen LogP contribution in [0.15, 0.2) is 50.6 Å². The van der Waals surface area contributed by atoms with Crippen molar-refractivity contribution in [3.63, 3.8) is 0 Å². The second kappa shape index (κ2) is 11.6. The second-order valence-electron chi connectivity index (χ2n) is 12.0. The number of rotatable bonds is 5. The zero-order valence-corrected chi connectivity index (χ0v) is 23.3. The van der Waals surface area contributed by atoms with Gasteiger partial charge in [0.2, 0.25) is 5.88 Å². The molecule has 4 aliphatic rings. The van der Waals surface area contributed by atoms with E-state index in [9.17, 15) is 19.5 Å². The predicted molar refractivity (Wildman–Crippen MR) is 156 cm³/mol. The first-order chi connectivity index (χ1) is 19.5. The molecule has 8 nitrogen and oxygen atoms in total. The van der Waals surface area contributed by atoms with Gasteiger partial charge in [0.25, 0.3) is 11.5 Å². The van der Waals surface area contributed by atoms with E-state index >= 15 is 0 Å².